The number of aldehydes is 1. The number of hydrogen-bond donors (Lipinski definition) is 3. The van der Waals surface area contributed by atoms with E-state index in [1.807, 2.05) is 0 Å². The first kappa shape index (κ1) is 12.6. The lowest BCUT2D eigenvalue weighted by atomic mass is 10.1. The Morgan fingerprint density at radius 3 is 2.50 bits per heavy atom. The van der Waals surface area contributed by atoms with Gasteiger partial charge < -0.3 is 15.3 Å². The molecule has 0 bridgehead atoms. The van der Waals surface area contributed by atoms with Crippen LogP contribution in [0.1, 0.15) is 15.9 Å². The van der Waals surface area contributed by atoms with Crippen LogP contribution in [0.25, 0.3) is 0 Å². The maximum absolute atomic E-state index is 10.4. The summed E-state index contributed by atoms with van der Waals surface area (Å²) in [7, 11) is 1.00. The quantitative estimate of drug-likeness (QED) is 0.612. The van der Waals surface area contributed by atoms with Crippen LogP contribution in [-0.2, 0) is 6.42 Å². The molecular formula is C10H14O4. The molecule has 0 atom stereocenters. The molecule has 0 amide bonds. The molecule has 0 aliphatic carbocycles. The molecule has 4 nitrogen and oxygen atoms in total. The molecular weight excluding hydrogens is 184 g/mol. The summed E-state index contributed by atoms with van der Waals surface area (Å²) in [6, 6.07) is 4.70. The lowest BCUT2D eigenvalue weighted by molar-refractivity contribution is 0.112. The van der Waals surface area contributed by atoms with Gasteiger partial charge in [-0.15, -0.1) is 0 Å². The van der Waals surface area contributed by atoms with Gasteiger partial charge in [-0.05, 0) is 24.1 Å². The minimum Gasteiger partial charge on any atom is -0.507 e. The van der Waals surface area contributed by atoms with Gasteiger partial charge in [-0.3, -0.25) is 4.79 Å². The number of rotatable bonds is 3. The summed E-state index contributed by atoms with van der Waals surface area (Å²) in [5.74, 6) is -0.0216. The van der Waals surface area contributed by atoms with E-state index in [1.165, 1.54) is 6.07 Å². The third-order valence-electron chi connectivity index (χ3n) is 1.62. The lowest BCUT2D eigenvalue weighted by Gasteiger charge is -2.00. The number of benzene rings is 1. The van der Waals surface area contributed by atoms with E-state index in [1.54, 1.807) is 12.1 Å². The van der Waals surface area contributed by atoms with Crippen molar-refractivity contribution in [1.29, 1.82) is 0 Å². The van der Waals surface area contributed by atoms with Crippen molar-refractivity contribution in [2.75, 3.05) is 13.7 Å². The number of phenolic OH excluding ortho intramolecular Hbond substituents is 1. The fourth-order valence-electron chi connectivity index (χ4n) is 0.983. The van der Waals surface area contributed by atoms with E-state index in [-0.39, 0.29) is 17.9 Å². The highest BCUT2D eigenvalue weighted by Gasteiger charge is 2.00. The Bertz CT molecular complexity index is 283. The average molecular weight is 198 g/mol. The van der Waals surface area contributed by atoms with Crippen LogP contribution in [0.3, 0.4) is 0 Å². The van der Waals surface area contributed by atoms with Gasteiger partial charge in [0.1, 0.15) is 5.75 Å². The molecule has 0 heterocycles. The highest BCUT2D eigenvalue weighted by atomic mass is 16.3. The molecule has 0 aliphatic rings. The van der Waals surface area contributed by atoms with Crippen molar-refractivity contribution in [3.63, 3.8) is 0 Å². The Morgan fingerprint density at radius 2 is 2.00 bits per heavy atom. The summed E-state index contributed by atoms with van der Waals surface area (Å²) in [6.45, 7) is 0.0447. The van der Waals surface area contributed by atoms with Gasteiger partial charge >= 0.3 is 0 Å². The van der Waals surface area contributed by atoms with Gasteiger partial charge in [0.05, 0.1) is 5.56 Å². The highest BCUT2D eigenvalue weighted by Crippen LogP contribution is 2.16. The van der Waals surface area contributed by atoms with Crippen LogP contribution in [-0.4, -0.2) is 35.3 Å². The van der Waals surface area contributed by atoms with Crippen molar-refractivity contribution in [3.8, 4) is 5.75 Å². The van der Waals surface area contributed by atoms with Crippen molar-refractivity contribution in [3.05, 3.63) is 29.3 Å². The zero-order chi connectivity index (χ0) is 11.0. The number of carbonyl (C=O) groups is 1. The Labute approximate surface area is 82.4 Å². The first-order valence-corrected chi connectivity index (χ1v) is 4.10. The van der Waals surface area contributed by atoms with Crippen LogP contribution in [0.15, 0.2) is 18.2 Å². The predicted octanol–water partition coefficient (Wildman–Crippen LogP) is 0.348. The summed E-state index contributed by atoms with van der Waals surface area (Å²) >= 11 is 0. The number of hydrogen-bond acceptors (Lipinski definition) is 4. The standard InChI is InChI=1S/C9H10O3.CH4O/c10-4-3-7-1-2-9(12)8(5-7)6-11;1-2/h1-2,5-6,10,12H,3-4H2;2H,1H3. The molecule has 4 heteroatoms. The fraction of sp³-hybridized carbons (Fsp3) is 0.300. The SMILES string of the molecule is CO.O=Cc1cc(CCO)ccc1O. The minimum absolute atomic E-state index is 0.0216. The molecule has 14 heavy (non-hydrogen) atoms. The predicted molar refractivity (Wildman–Crippen MR) is 52.4 cm³/mol. The second-order valence-corrected chi connectivity index (χ2v) is 2.48. The van der Waals surface area contributed by atoms with Gasteiger partial charge in [0, 0.05) is 13.7 Å². The maximum atomic E-state index is 10.4. The molecule has 0 saturated carbocycles. The summed E-state index contributed by atoms with van der Waals surface area (Å²) in [5.41, 5.74) is 1.11. The molecule has 0 radical (unpaired) electrons. The highest BCUT2D eigenvalue weighted by molar-refractivity contribution is 5.79. The number of carbonyl (C=O) groups excluding carboxylic acids is 1. The van der Waals surface area contributed by atoms with Crippen molar-refractivity contribution < 1.29 is 20.1 Å². The minimum atomic E-state index is -0.0216. The number of aromatic hydroxyl groups is 1. The van der Waals surface area contributed by atoms with E-state index in [2.05, 4.69) is 0 Å². The smallest absolute Gasteiger partial charge is 0.153 e. The zero-order valence-corrected chi connectivity index (χ0v) is 7.97. The molecule has 0 aliphatic heterocycles. The van der Waals surface area contributed by atoms with Gasteiger partial charge in [0.25, 0.3) is 0 Å². The van der Waals surface area contributed by atoms with E-state index in [0.29, 0.717) is 12.7 Å². The Hall–Kier alpha value is -1.39. The number of aliphatic hydroxyl groups is 2. The monoisotopic (exact) mass is 198 g/mol. The lowest BCUT2D eigenvalue weighted by Crippen LogP contribution is -1.92. The molecule has 78 valence electrons. The topological polar surface area (TPSA) is 77.8 Å². The van der Waals surface area contributed by atoms with Crippen molar-refractivity contribution in [1.82, 2.24) is 0 Å². The van der Waals surface area contributed by atoms with Crippen molar-refractivity contribution in [2.24, 2.45) is 0 Å². The first-order chi connectivity index (χ1) is 6.77. The first-order valence-electron chi connectivity index (χ1n) is 4.10. The van der Waals surface area contributed by atoms with Gasteiger partial charge in [-0.25, -0.2) is 0 Å². The number of phenols is 1. The third-order valence-corrected chi connectivity index (χ3v) is 1.62. The molecule has 0 saturated heterocycles. The van der Waals surface area contributed by atoms with E-state index in [0.717, 1.165) is 12.7 Å². The third kappa shape index (κ3) is 3.55. The summed E-state index contributed by atoms with van der Waals surface area (Å²) in [5, 5.41) is 24.7. The summed E-state index contributed by atoms with van der Waals surface area (Å²) < 4.78 is 0. The van der Waals surface area contributed by atoms with E-state index in [4.69, 9.17) is 15.3 Å². The van der Waals surface area contributed by atoms with E-state index >= 15 is 0 Å². The largest absolute Gasteiger partial charge is 0.507 e. The van der Waals surface area contributed by atoms with Gasteiger partial charge in [-0.1, -0.05) is 6.07 Å². The Balaban J connectivity index is 0.000000791. The molecule has 0 aromatic heterocycles. The molecule has 3 N–H and O–H groups in total. The van der Waals surface area contributed by atoms with Crippen LogP contribution in [0.2, 0.25) is 0 Å². The zero-order valence-electron chi connectivity index (χ0n) is 7.97. The van der Waals surface area contributed by atoms with Gasteiger partial charge in [0.15, 0.2) is 6.29 Å². The van der Waals surface area contributed by atoms with E-state index in [9.17, 15) is 4.79 Å². The molecule has 1 aromatic carbocycles. The molecule has 0 unspecified atom stereocenters. The normalized spacial score (nSPS) is 8.79. The molecule has 0 fully saturated rings. The fourth-order valence-corrected chi connectivity index (χ4v) is 0.983. The molecule has 1 rings (SSSR count). The van der Waals surface area contributed by atoms with Crippen molar-refractivity contribution in [2.45, 2.75) is 6.42 Å². The summed E-state index contributed by atoms with van der Waals surface area (Å²) in [4.78, 5) is 10.4. The van der Waals surface area contributed by atoms with Crippen LogP contribution >= 0.6 is 0 Å². The summed E-state index contributed by atoms with van der Waals surface area (Å²) in [6.07, 6.45) is 1.09. The maximum Gasteiger partial charge on any atom is 0.153 e. The average Bonchev–Trinajstić information content (AvgIpc) is 2.24. The Morgan fingerprint density at radius 1 is 1.36 bits per heavy atom. The van der Waals surface area contributed by atoms with Crippen LogP contribution < -0.4 is 0 Å². The van der Waals surface area contributed by atoms with Gasteiger partial charge in [-0.2, -0.15) is 0 Å². The van der Waals surface area contributed by atoms with Crippen LogP contribution in [0.4, 0.5) is 0 Å². The van der Waals surface area contributed by atoms with Crippen molar-refractivity contribution >= 4 is 6.29 Å². The second-order valence-electron chi connectivity index (χ2n) is 2.48. The van der Waals surface area contributed by atoms with Crippen LogP contribution in [0, 0.1) is 0 Å². The Kier molecular flexibility index (Phi) is 6.36. The van der Waals surface area contributed by atoms with E-state index < -0.39 is 0 Å². The van der Waals surface area contributed by atoms with Gasteiger partial charge in [0.2, 0.25) is 0 Å². The molecule has 0 spiro atoms. The second kappa shape index (κ2) is 7.06. The molecule has 1 aromatic rings. The van der Waals surface area contributed by atoms with Crippen LogP contribution in [0.5, 0.6) is 5.75 Å². The number of aliphatic hydroxyl groups excluding tert-OH is 2.